The van der Waals surface area contributed by atoms with Crippen molar-refractivity contribution in [3.63, 3.8) is 0 Å². The van der Waals surface area contributed by atoms with Crippen LogP contribution in [0, 0.1) is 19.3 Å². The minimum atomic E-state index is -0.535. The molecule has 8 heteroatoms. The number of anilines is 1. The van der Waals surface area contributed by atoms with Gasteiger partial charge in [0.15, 0.2) is 12.4 Å². The van der Waals surface area contributed by atoms with Crippen molar-refractivity contribution >= 4 is 29.0 Å². The van der Waals surface area contributed by atoms with Crippen molar-refractivity contribution in [3.8, 4) is 0 Å². The molecule has 7 nitrogen and oxygen atoms in total. The monoisotopic (exact) mass is 516 g/mol. The lowest BCUT2D eigenvalue weighted by Crippen LogP contribution is -3.00. The van der Waals surface area contributed by atoms with Gasteiger partial charge < -0.3 is 22.3 Å². The third kappa shape index (κ3) is 10.1. The molecule has 0 unspecified atom stereocenters. The van der Waals surface area contributed by atoms with E-state index in [0.717, 1.165) is 16.8 Å². The number of hydrogen-bond acceptors (Lipinski definition) is 4. The predicted molar refractivity (Wildman–Crippen MR) is 125 cm³/mol. The number of pyridine rings is 1. The number of nitrogens with zero attached hydrogens (tertiary/aromatic N) is 2. The maximum atomic E-state index is 12.5. The van der Waals surface area contributed by atoms with Gasteiger partial charge in [0.2, 0.25) is 12.5 Å². The molecule has 2 rings (SSSR count). The number of benzene rings is 1. The van der Waals surface area contributed by atoms with Gasteiger partial charge in [-0.2, -0.15) is 9.67 Å². The minimum absolute atomic E-state index is 0. The van der Waals surface area contributed by atoms with Crippen molar-refractivity contribution < 1.29 is 35.9 Å². The summed E-state index contributed by atoms with van der Waals surface area (Å²) in [6.07, 6.45) is 4.08. The van der Waals surface area contributed by atoms with E-state index in [4.69, 9.17) is 0 Å². The Kier molecular flexibility index (Phi) is 11.1. The number of aryl methyl sites for hydroxylation is 2. The van der Waals surface area contributed by atoms with Crippen LogP contribution in [-0.4, -0.2) is 23.3 Å². The van der Waals surface area contributed by atoms with Gasteiger partial charge in [-0.3, -0.25) is 14.4 Å². The van der Waals surface area contributed by atoms with Crippen LogP contribution in [0.3, 0.4) is 0 Å². The zero-order valence-electron chi connectivity index (χ0n) is 19.9. The summed E-state index contributed by atoms with van der Waals surface area (Å²) in [5.41, 5.74) is 5.45. The van der Waals surface area contributed by atoms with Crippen LogP contribution in [0.25, 0.3) is 0 Å². The second-order valence-corrected chi connectivity index (χ2v) is 8.96. The maximum absolute atomic E-state index is 12.5. The highest BCUT2D eigenvalue weighted by atomic mass is 79.9. The number of amides is 2. The van der Waals surface area contributed by atoms with Crippen molar-refractivity contribution in [1.29, 1.82) is 0 Å². The fourth-order valence-electron chi connectivity index (χ4n) is 2.82. The van der Waals surface area contributed by atoms with E-state index in [2.05, 4.69) is 15.8 Å². The fraction of sp³-hybridized carbons (Fsp3) is 0.400. The molecule has 0 atom stereocenters. The molecule has 1 heterocycles. The number of carbonyl (C=O) groups excluding carboxylic acids is 3. The number of rotatable bonds is 9. The molecule has 178 valence electrons. The molecular formula is C25H33BrN4O3. The average Bonchev–Trinajstić information content (AvgIpc) is 2.72. The van der Waals surface area contributed by atoms with E-state index in [1.54, 1.807) is 17.0 Å². The summed E-state index contributed by atoms with van der Waals surface area (Å²) in [5.74, 6) is -0.477. The Labute approximate surface area is 206 Å². The number of carbonyl (C=O) groups is 3. The Morgan fingerprint density at radius 1 is 0.939 bits per heavy atom. The van der Waals surface area contributed by atoms with E-state index in [0.29, 0.717) is 5.71 Å². The lowest BCUT2D eigenvalue weighted by Gasteiger charge is -2.17. The molecule has 0 saturated carbocycles. The number of nitrogens with one attached hydrogen (secondary N) is 2. The molecule has 2 aromatic rings. The standard InChI is InChI=1S/C25H32N4O3.BrH/c1-18-9-10-20(15-19(18)2)26-23(31)12-11-21(16-22(30)25(3,4)5)27-28-24(32)17-29-13-7-6-8-14-29;/h6-10,13-15H,11-12,16-17H2,1-5H3,(H-,26,28,31,32);1H/b27-21-;. The van der Waals surface area contributed by atoms with Crippen LogP contribution < -0.4 is 32.3 Å². The third-order valence-electron chi connectivity index (χ3n) is 5.07. The molecular weight excluding hydrogens is 484 g/mol. The lowest BCUT2D eigenvalue weighted by atomic mass is 9.87. The number of ketones is 1. The summed E-state index contributed by atoms with van der Waals surface area (Å²) >= 11 is 0. The zero-order valence-corrected chi connectivity index (χ0v) is 21.5. The van der Waals surface area contributed by atoms with Crippen LogP contribution in [0.4, 0.5) is 5.69 Å². The van der Waals surface area contributed by atoms with E-state index in [9.17, 15) is 14.4 Å². The molecule has 1 aromatic heterocycles. The molecule has 0 radical (unpaired) electrons. The predicted octanol–water partition coefficient (Wildman–Crippen LogP) is 0.491. The molecule has 0 bridgehead atoms. The van der Waals surface area contributed by atoms with Crippen molar-refractivity contribution in [2.24, 2.45) is 10.5 Å². The van der Waals surface area contributed by atoms with Crippen LogP contribution in [0.2, 0.25) is 0 Å². The Bertz CT molecular complexity index is 998. The van der Waals surface area contributed by atoms with E-state index in [1.807, 2.05) is 71.0 Å². The molecule has 0 spiro atoms. The first-order chi connectivity index (χ1) is 15.0. The zero-order chi connectivity index (χ0) is 23.7. The number of Topliss-reactive ketones (excluding diaryl/α,β-unsaturated/α-hetero) is 1. The topological polar surface area (TPSA) is 91.5 Å². The van der Waals surface area contributed by atoms with Gasteiger partial charge in [-0.15, -0.1) is 0 Å². The highest BCUT2D eigenvalue weighted by Gasteiger charge is 2.23. The first-order valence-electron chi connectivity index (χ1n) is 10.7. The van der Waals surface area contributed by atoms with E-state index in [1.165, 1.54) is 0 Å². The largest absolute Gasteiger partial charge is 1.00 e. The highest BCUT2D eigenvalue weighted by molar-refractivity contribution is 6.05. The van der Waals surface area contributed by atoms with Crippen LogP contribution in [0.15, 0.2) is 53.9 Å². The van der Waals surface area contributed by atoms with Crippen molar-refractivity contribution in [3.05, 3.63) is 59.9 Å². The fourth-order valence-corrected chi connectivity index (χ4v) is 2.82. The van der Waals surface area contributed by atoms with Gasteiger partial charge in [-0.25, -0.2) is 5.43 Å². The summed E-state index contributed by atoms with van der Waals surface area (Å²) in [7, 11) is 0. The van der Waals surface area contributed by atoms with Crippen LogP contribution in [0.5, 0.6) is 0 Å². The highest BCUT2D eigenvalue weighted by Crippen LogP contribution is 2.18. The summed E-state index contributed by atoms with van der Waals surface area (Å²) < 4.78 is 1.72. The Balaban J connectivity index is 0.00000544. The SMILES string of the molecule is Cc1ccc(NC(=O)CC/C(CC(=O)C(C)(C)C)=N/NC(=O)C[n+]2ccccc2)cc1C.[Br-]. The van der Waals surface area contributed by atoms with Gasteiger partial charge in [-0.1, -0.05) is 32.9 Å². The summed E-state index contributed by atoms with van der Waals surface area (Å²) in [6, 6.07) is 11.3. The van der Waals surface area contributed by atoms with Crippen LogP contribution >= 0.6 is 0 Å². The summed E-state index contributed by atoms with van der Waals surface area (Å²) in [5, 5.41) is 7.06. The van der Waals surface area contributed by atoms with Gasteiger partial charge in [0, 0.05) is 41.8 Å². The number of halogens is 1. The number of aromatic nitrogens is 1. The van der Waals surface area contributed by atoms with Gasteiger partial charge in [0.05, 0.1) is 0 Å². The van der Waals surface area contributed by atoms with Crippen LogP contribution in [0.1, 0.15) is 51.2 Å². The number of hydrogen-bond donors (Lipinski definition) is 2. The molecule has 33 heavy (non-hydrogen) atoms. The quantitative estimate of drug-likeness (QED) is 0.288. The molecule has 0 aliphatic carbocycles. The second kappa shape index (κ2) is 13.0. The Morgan fingerprint density at radius 2 is 1.61 bits per heavy atom. The normalized spacial score (nSPS) is 11.4. The number of hydrazone groups is 1. The van der Waals surface area contributed by atoms with Gasteiger partial charge in [0.1, 0.15) is 5.78 Å². The van der Waals surface area contributed by atoms with E-state index in [-0.39, 0.29) is 60.4 Å². The first-order valence-corrected chi connectivity index (χ1v) is 10.7. The molecule has 2 N–H and O–H groups in total. The van der Waals surface area contributed by atoms with E-state index >= 15 is 0 Å². The third-order valence-corrected chi connectivity index (χ3v) is 5.07. The molecule has 0 saturated heterocycles. The average molecular weight is 517 g/mol. The Morgan fingerprint density at radius 3 is 2.21 bits per heavy atom. The van der Waals surface area contributed by atoms with Crippen molar-refractivity contribution in [2.45, 2.75) is 60.4 Å². The lowest BCUT2D eigenvalue weighted by molar-refractivity contribution is -0.684. The summed E-state index contributed by atoms with van der Waals surface area (Å²) in [4.78, 5) is 37.2. The first kappa shape index (κ1) is 28.2. The Hall–Kier alpha value is -2.87. The molecule has 0 aliphatic heterocycles. The maximum Gasteiger partial charge on any atom is 0.305 e. The van der Waals surface area contributed by atoms with E-state index < -0.39 is 5.41 Å². The molecule has 0 fully saturated rings. The second-order valence-electron chi connectivity index (χ2n) is 8.96. The molecule has 0 aliphatic rings. The molecule has 2 amide bonds. The molecule has 1 aromatic carbocycles. The van der Waals surface area contributed by atoms with Crippen molar-refractivity contribution in [2.75, 3.05) is 5.32 Å². The summed E-state index contributed by atoms with van der Waals surface area (Å²) in [6.45, 7) is 9.63. The minimum Gasteiger partial charge on any atom is -1.00 e. The van der Waals surface area contributed by atoms with Crippen LogP contribution in [-0.2, 0) is 20.9 Å². The van der Waals surface area contributed by atoms with Gasteiger partial charge >= 0.3 is 5.91 Å². The van der Waals surface area contributed by atoms with Gasteiger partial charge in [0.25, 0.3) is 0 Å². The van der Waals surface area contributed by atoms with Gasteiger partial charge in [-0.05, 0) is 43.5 Å². The van der Waals surface area contributed by atoms with Crippen molar-refractivity contribution in [1.82, 2.24) is 5.43 Å². The smallest absolute Gasteiger partial charge is 0.305 e.